The number of benzene rings is 1. The van der Waals surface area contributed by atoms with Crippen LogP contribution in [0.25, 0.3) is 0 Å². The van der Waals surface area contributed by atoms with Crippen molar-refractivity contribution in [2.24, 2.45) is 5.41 Å². The number of hydrogen-bond donors (Lipinski definition) is 2. The third-order valence-corrected chi connectivity index (χ3v) is 5.29. The molecular formula is C13H19ClN2O2S. The van der Waals surface area contributed by atoms with Crippen LogP contribution in [-0.4, -0.2) is 27.5 Å². The molecule has 1 heterocycles. The Labute approximate surface area is 119 Å². The Balaban J connectivity index is 2.19. The van der Waals surface area contributed by atoms with Gasteiger partial charge in [0, 0.05) is 17.6 Å². The van der Waals surface area contributed by atoms with Crippen molar-refractivity contribution in [2.45, 2.75) is 31.2 Å². The topological polar surface area (TPSA) is 58.2 Å². The molecule has 106 valence electrons. The Hall–Kier alpha value is -0.620. The van der Waals surface area contributed by atoms with Crippen molar-refractivity contribution >= 4 is 21.6 Å². The van der Waals surface area contributed by atoms with Crippen molar-refractivity contribution in [3.05, 3.63) is 29.3 Å². The van der Waals surface area contributed by atoms with Gasteiger partial charge in [0.2, 0.25) is 10.0 Å². The van der Waals surface area contributed by atoms with Crippen molar-refractivity contribution in [1.82, 2.24) is 10.0 Å². The molecule has 1 unspecified atom stereocenters. The number of sulfonamides is 1. The zero-order chi connectivity index (χ0) is 14.1. The fourth-order valence-electron chi connectivity index (χ4n) is 2.26. The first-order valence-corrected chi connectivity index (χ1v) is 8.16. The Bertz CT molecular complexity index is 540. The third-order valence-electron chi connectivity index (χ3n) is 3.56. The Morgan fingerprint density at radius 3 is 2.53 bits per heavy atom. The minimum Gasteiger partial charge on any atom is -0.316 e. The summed E-state index contributed by atoms with van der Waals surface area (Å²) >= 11 is 5.78. The minimum absolute atomic E-state index is 0.0607. The van der Waals surface area contributed by atoms with Gasteiger partial charge < -0.3 is 5.32 Å². The zero-order valence-corrected chi connectivity index (χ0v) is 12.7. The first-order valence-electron chi connectivity index (χ1n) is 6.30. The second kappa shape index (κ2) is 5.40. The Morgan fingerprint density at radius 2 is 1.95 bits per heavy atom. The lowest BCUT2D eigenvalue weighted by Gasteiger charge is -2.39. The predicted molar refractivity (Wildman–Crippen MR) is 76.8 cm³/mol. The molecule has 1 aromatic rings. The molecule has 0 saturated carbocycles. The first-order chi connectivity index (χ1) is 8.81. The van der Waals surface area contributed by atoms with Crippen LogP contribution < -0.4 is 10.0 Å². The average Bonchev–Trinajstić information content (AvgIpc) is 2.32. The summed E-state index contributed by atoms with van der Waals surface area (Å²) in [6.45, 7) is 5.76. The van der Waals surface area contributed by atoms with Gasteiger partial charge in [0.1, 0.15) is 0 Å². The van der Waals surface area contributed by atoms with Gasteiger partial charge in [-0.1, -0.05) is 25.4 Å². The number of halogens is 1. The van der Waals surface area contributed by atoms with Gasteiger partial charge in [0.25, 0.3) is 0 Å². The molecule has 1 saturated heterocycles. The van der Waals surface area contributed by atoms with Crippen LogP contribution in [-0.2, 0) is 10.0 Å². The third kappa shape index (κ3) is 3.48. The van der Waals surface area contributed by atoms with Crippen LogP contribution in [0.2, 0.25) is 5.02 Å². The zero-order valence-electron chi connectivity index (χ0n) is 11.1. The van der Waals surface area contributed by atoms with Crippen LogP contribution in [0.5, 0.6) is 0 Å². The fourth-order valence-corrected chi connectivity index (χ4v) is 3.83. The molecule has 0 bridgehead atoms. The second-order valence-corrected chi connectivity index (χ2v) is 7.73. The van der Waals surface area contributed by atoms with Gasteiger partial charge in [-0.05, 0) is 42.6 Å². The molecule has 1 atom stereocenters. The van der Waals surface area contributed by atoms with Crippen molar-refractivity contribution in [3.63, 3.8) is 0 Å². The molecule has 1 fully saturated rings. The molecule has 4 nitrogen and oxygen atoms in total. The van der Waals surface area contributed by atoms with Gasteiger partial charge in [-0.15, -0.1) is 0 Å². The molecule has 0 radical (unpaired) electrons. The number of piperidine rings is 1. The molecule has 2 rings (SSSR count). The highest BCUT2D eigenvalue weighted by molar-refractivity contribution is 7.89. The van der Waals surface area contributed by atoms with E-state index in [4.69, 9.17) is 11.6 Å². The maximum absolute atomic E-state index is 12.3. The summed E-state index contributed by atoms with van der Waals surface area (Å²) in [5, 5.41) is 3.81. The van der Waals surface area contributed by atoms with Gasteiger partial charge >= 0.3 is 0 Å². The maximum atomic E-state index is 12.3. The van der Waals surface area contributed by atoms with Crippen molar-refractivity contribution in [1.29, 1.82) is 0 Å². The second-order valence-electron chi connectivity index (χ2n) is 5.58. The molecule has 0 spiro atoms. The van der Waals surface area contributed by atoms with E-state index in [1.165, 1.54) is 12.1 Å². The summed E-state index contributed by atoms with van der Waals surface area (Å²) in [4.78, 5) is 0.256. The summed E-state index contributed by atoms with van der Waals surface area (Å²) in [5.74, 6) is 0. The van der Waals surface area contributed by atoms with Gasteiger partial charge in [-0.2, -0.15) is 0 Å². The molecule has 1 aliphatic heterocycles. The smallest absolute Gasteiger partial charge is 0.240 e. The molecule has 0 aromatic heterocycles. The van der Waals surface area contributed by atoms with Gasteiger partial charge in [-0.25, -0.2) is 13.1 Å². The van der Waals surface area contributed by atoms with Crippen LogP contribution in [0.4, 0.5) is 0 Å². The summed E-state index contributed by atoms with van der Waals surface area (Å²) in [5.41, 5.74) is -0.0995. The van der Waals surface area contributed by atoms with Crippen LogP contribution in [0.3, 0.4) is 0 Å². The van der Waals surface area contributed by atoms with E-state index in [0.29, 0.717) is 5.02 Å². The van der Waals surface area contributed by atoms with Crippen LogP contribution >= 0.6 is 11.6 Å². The van der Waals surface area contributed by atoms with Crippen molar-refractivity contribution < 1.29 is 8.42 Å². The lowest BCUT2D eigenvalue weighted by molar-refractivity contribution is 0.206. The molecule has 1 aliphatic rings. The molecular weight excluding hydrogens is 284 g/mol. The Kier molecular flexibility index (Phi) is 4.20. The lowest BCUT2D eigenvalue weighted by Crippen LogP contribution is -2.54. The van der Waals surface area contributed by atoms with Gasteiger partial charge in [-0.3, -0.25) is 0 Å². The van der Waals surface area contributed by atoms with Crippen LogP contribution in [0.15, 0.2) is 29.2 Å². The SMILES string of the molecule is CC1(C)CNCCC1NS(=O)(=O)c1ccc(Cl)cc1. The summed E-state index contributed by atoms with van der Waals surface area (Å²) in [6, 6.07) is 6.17. The highest BCUT2D eigenvalue weighted by Crippen LogP contribution is 2.26. The monoisotopic (exact) mass is 302 g/mol. The summed E-state index contributed by atoms with van der Waals surface area (Å²) < 4.78 is 27.5. The maximum Gasteiger partial charge on any atom is 0.240 e. The standard InChI is InChI=1S/C13H19ClN2O2S/c1-13(2)9-15-8-7-12(13)16-19(17,18)11-5-3-10(14)4-6-11/h3-6,12,15-16H,7-9H2,1-2H3. The highest BCUT2D eigenvalue weighted by atomic mass is 35.5. The van der Waals surface area contributed by atoms with E-state index in [0.717, 1.165) is 19.5 Å². The van der Waals surface area contributed by atoms with E-state index in [9.17, 15) is 8.42 Å². The molecule has 0 aliphatic carbocycles. The van der Waals surface area contributed by atoms with Crippen molar-refractivity contribution in [3.8, 4) is 0 Å². The first kappa shape index (κ1) is 14.8. The van der Waals surface area contributed by atoms with E-state index in [-0.39, 0.29) is 16.4 Å². The van der Waals surface area contributed by atoms with Gasteiger partial charge in [0.05, 0.1) is 4.90 Å². The van der Waals surface area contributed by atoms with E-state index in [1.54, 1.807) is 12.1 Å². The quantitative estimate of drug-likeness (QED) is 0.898. The van der Waals surface area contributed by atoms with Crippen LogP contribution in [0, 0.1) is 5.41 Å². The Morgan fingerprint density at radius 1 is 1.32 bits per heavy atom. The lowest BCUT2D eigenvalue weighted by atomic mass is 9.81. The molecule has 6 heteroatoms. The fraction of sp³-hybridized carbons (Fsp3) is 0.538. The number of nitrogens with one attached hydrogen (secondary N) is 2. The summed E-state index contributed by atoms with van der Waals surface area (Å²) in [6.07, 6.45) is 0.791. The van der Waals surface area contributed by atoms with E-state index < -0.39 is 10.0 Å². The largest absolute Gasteiger partial charge is 0.316 e. The molecule has 19 heavy (non-hydrogen) atoms. The molecule has 1 aromatic carbocycles. The summed E-state index contributed by atoms with van der Waals surface area (Å²) in [7, 11) is -3.48. The molecule has 0 amide bonds. The average molecular weight is 303 g/mol. The number of rotatable bonds is 3. The van der Waals surface area contributed by atoms with Gasteiger partial charge in [0.15, 0.2) is 0 Å². The predicted octanol–water partition coefficient (Wildman–Crippen LogP) is 2.01. The molecule has 2 N–H and O–H groups in total. The van der Waals surface area contributed by atoms with E-state index in [1.807, 2.05) is 0 Å². The normalized spacial score (nSPS) is 23.2. The van der Waals surface area contributed by atoms with E-state index >= 15 is 0 Å². The highest BCUT2D eigenvalue weighted by Gasteiger charge is 2.35. The van der Waals surface area contributed by atoms with Crippen LogP contribution in [0.1, 0.15) is 20.3 Å². The number of hydrogen-bond acceptors (Lipinski definition) is 3. The van der Waals surface area contributed by atoms with Crippen molar-refractivity contribution in [2.75, 3.05) is 13.1 Å². The van der Waals surface area contributed by atoms with E-state index in [2.05, 4.69) is 23.9 Å². The minimum atomic E-state index is -3.48.